The molecule has 3 N–H and O–H groups in total. The second kappa shape index (κ2) is 5.72. The highest BCUT2D eigenvalue weighted by molar-refractivity contribution is 5.79. The lowest BCUT2D eigenvalue weighted by atomic mass is 9.94. The summed E-state index contributed by atoms with van der Waals surface area (Å²) in [6, 6.07) is 4.00. The first-order valence-electron chi connectivity index (χ1n) is 6.82. The molecule has 2 rings (SSSR count). The van der Waals surface area contributed by atoms with Crippen LogP contribution in [0.4, 0.5) is 0 Å². The van der Waals surface area contributed by atoms with Gasteiger partial charge in [-0.15, -0.1) is 0 Å². The van der Waals surface area contributed by atoms with E-state index in [1.165, 1.54) is 5.56 Å². The number of aromatic nitrogens is 2. The van der Waals surface area contributed by atoms with Crippen LogP contribution in [0.3, 0.4) is 0 Å². The highest BCUT2D eigenvalue weighted by Gasteiger charge is 2.21. The van der Waals surface area contributed by atoms with Crippen LogP contribution >= 0.6 is 0 Å². The quantitative estimate of drug-likeness (QED) is 0.748. The lowest BCUT2D eigenvalue weighted by Crippen LogP contribution is -2.38. The normalized spacial score (nSPS) is 15.0. The van der Waals surface area contributed by atoms with Crippen molar-refractivity contribution in [3.05, 3.63) is 30.1 Å². The highest BCUT2D eigenvalue weighted by atomic mass is 16.3. The van der Waals surface area contributed by atoms with Gasteiger partial charge in [0.15, 0.2) is 0 Å². The van der Waals surface area contributed by atoms with Gasteiger partial charge in [0, 0.05) is 30.9 Å². The Kier molecular flexibility index (Phi) is 4.22. The van der Waals surface area contributed by atoms with Gasteiger partial charge < -0.3 is 15.4 Å². The molecule has 19 heavy (non-hydrogen) atoms. The minimum atomic E-state index is -0.654. The van der Waals surface area contributed by atoms with Crippen molar-refractivity contribution in [2.75, 3.05) is 6.54 Å². The Morgan fingerprint density at radius 3 is 3.00 bits per heavy atom. The summed E-state index contributed by atoms with van der Waals surface area (Å²) in [5.74, 6) is 0.495. The fraction of sp³-hybridized carbons (Fsp3) is 0.533. The summed E-state index contributed by atoms with van der Waals surface area (Å²) in [5.41, 5.74) is 1.44. The first-order chi connectivity index (χ1) is 8.98. The van der Waals surface area contributed by atoms with Crippen molar-refractivity contribution in [3.63, 3.8) is 0 Å². The van der Waals surface area contributed by atoms with E-state index in [0.29, 0.717) is 12.5 Å². The molecule has 0 aliphatic heterocycles. The molecule has 1 atom stereocenters. The molecule has 4 nitrogen and oxygen atoms in total. The van der Waals surface area contributed by atoms with E-state index in [4.69, 9.17) is 0 Å². The molecule has 0 radical (unpaired) electrons. The first kappa shape index (κ1) is 14.0. The van der Waals surface area contributed by atoms with Gasteiger partial charge in [-0.05, 0) is 37.0 Å². The van der Waals surface area contributed by atoms with Gasteiger partial charge in [-0.25, -0.2) is 4.98 Å². The number of hydrogen-bond acceptors (Lipinski definition) is 3. The summed E-state index contributed by atoms with van der Waals surface area (Å²) in [5, 5.41) is 14.7. The molecule has 0 aromatic carbocycles. The van der Waals surface area contributed by atoms with Crippen molar-refractivity contribution in [1.82, 2.24) is 15.3 Å². The number of aromatic amines is 1. The van der Waals surface area contributed by atoms with E-state index < -0.39 is 5.60 Å². The zero-order chi connectivity index (χ0) is 13.9. The molecule has 2 aromatic rings. The average Bonchev–Trinajstić information content (AvgIpc) is 2.71. The minimum Gasteiger partial charge on any atom is -0.389 e. The standard InChI is InChI=1S/C15H23N3O/c1-11(2)7-15(3,19)10-16-8-12-9-18-14-13(12)5-4-6-17-14/h4-6,9,11,16,19H,7-8,10H2,1-3H3,(H,17,18). The predicted molar refractivity (Wildman–Crippen MR) is 77.9 cm³/mol. The third-order valence-electron chi connectivity index (χ3n) is 3.21. The van der Waals surface area contributed by atoms with Gasteiger partial charge in [0.25, 0.3) is 0 Å². The summed E-state index contributed by atoms with van der Waals surface area (Å²) < 4.78 is 0. The second-order valence-electron chi connectivity index (χ2n) is 5.91. The molecule has 0 bridgehead atoms. The number of fused-ring (bicyclic) bond motifs is 1. The molecule has 0 aliphatic rings. The fourth-order valence-corrected chi connectivity index (χ4v) is 2.58. The van der Waals surface area contributed by atoms with Crippen LogP contribution in [0.25, 0.3) is 11.0 Å². The lowest BCUT2D eigenvalue weighted by molar-refractivity contribution is 0.0383. The fourth-order valence-electron chi connectivity index (χ4n) is 2.58. The number of hydrogen-bond donors (Lipinski definition) is 3. The van der Waals surface area contributed by atoms with E-state index in [-0.39, 0.29) is 0 Å². The number of rotatable bonds is 6. The molecule has 0 spiro atoms. The number of nitrogens with one attached hydrogen (secondary N) is 2. The monoisotopic (exact) mass is 261 g/mol. The molecular weight excluding hydrogens is 238 g/mol. The Morgan fingerprint density at radius 1 is 1.47 bits per heavy atom. The predicted octanol–water partition coefficient (Wildman–Crippen LogP) is 2.45. The summed E-state index contributed by atoms with van der Waals surface area (Å²) in [6.45, 7) is 7.47. The summed E-state index contributed by atoms with van der Waals surface area (Å²) in [7, 11) is 0. The Morgan fingerprint density at radius 2 is 2.26 bits per heavy atom. The molecule has 2 aromatic heterocycles. The van der Waals surface area contributed by atoms with Crippen LogP contribution in [0, 0.1) is 5.92 Å². The van der Waals surface area contributed by atoms with Crippen molar-refractivity contribution in [3.8, 4) is 0 Å². The Labute approximate surface area is 114 Å². The summed E-state index contributed by atoms with van der Waals surface area (Å²) in [4.78, 5) is 7.42. The smallest absolute Gasteiger partial charge is 0.137 e. The maximum Gasteiger partial charge on any atom is 0.137 e. The van der Waals surface area contributed by atoms with Crippen LogP contribution in [0.2, 0.25) is 0 Å². The molecule has 0 fully saturated rings. The van der Waals surface area contributed by atoms with Crippen LogP contribution in [-0.4, -0.2) is 27.2 Å². The van der Waals surface area contributed by atoms with E-state index >= 15 is 0 Å². The summed E-state index contributed by atoms with van der Waals surface area (Å²) >= 11 is 0. The lowest BCUT2D eigenvalue weighted by Gasteiger charge is -2.25. The zero-order valence-electron chi connectivity index (χ0n) is 11.9. The van der Waals surface area contributed by atoms with Crippen LogP contribution < -0.4 is 5.32 Å². The molecular formula is C15H23N3O. The van der Waals surface area contributed by atoms with Crippen molar-refractivity contribution < 1.29 is 5.11 Å². The number of H-pyrrole nitrogens is 1. The Hall–Kier alpha value is -1.39. The van der Waals surface area contributed by atoms with E-state index in [9.17, 15) is 5.11 Å². The second-order valence-corrected chi connectivity index (χ2v) is 5.91. The maximum atomic E-state index is 10.2. The number of pyridine rings is 1. The molecule has 1 unspecified atom stereocenters. The van der Waals surface area contributed by atoms with E-state index in [0.717, 1.165) is 24.0 Å². The van der Waals surface area contributed by atoms with Gasteiger partial charge in [0.2, 0.25) is 0 Å². The molecule has 0 amide bonds. The minimum absolute atomic E-state index is 0.495. The van der Waals surface area contributed by atoms with Gasteiger partial charge in [-0.1, -0.05) is 13.8 Å². The maximum absolute atomic E-state index is 10.2. The van der Waals surface area contributed by atoms with Crippen molar-refractivity contribution in [2.45, 2.75) is 39.3 Å². The largest absolute Gasteiger partial charge is 0.389 e. The Balaban J connectivity index is 1.92. The topological polar surface area (TPSA) is 60.9 Å². The summed E-state index contributed by atoms with van der Waals surface area (Å²) in [6.07, 6.45) is 4.56. The van der Waals surface area contributed by atoms with E-state index in [2.05, 4.69) is 35.2 Å². The third kappa shape index (κ3) is 3.78. The number of nitrogens with zero attached hydrogens (tertiary/aromatic N) is 1. The highest BCUT2D eigenvalue weighted by Crippen LogP contribution is 2.17. The van der Waals surface area contributed by atoms with Crippen LogP contribution in [0.15, 0.2) is 24.5 Å². The van der Waals surface area contributed by atoms with E-state index in [1.807, 2.05) is 19.2 Å². The van der Waals surface area contributed by atoms with Gasteiger partial charge in [-0.2, -0.15) is 0 Å². The molecule has 0 saturated carbocycles. The first-order valence-corrected chi connectivity index (χ1v) is 6.82. The van der Waals surface area contributed by atoms with Gasteiger partial charge in [-0.3, -0.25) is 0 Å². The van der Waals surface area contributed by atoms with Gasteiger partial charge >= 0.3 is 0 Å². The molecule has 0 saturated heterocycles. The van der Waals surface area contributed by atoms with Crippen molar-refractivity contribution in [2.24, 2.45) is 5.92 Å². The van der Waals surface area contributed by atoms with Gasteiger partial charge in [0.1, 0.15) is 5.65 Å². The van der Waals surface area contributed by atoms with Crippen LogP contribution in [-0.2, 0) is 6.54 Å². The van der Waals surface area contributed by atoms with Crippen molar-refractivity contribution in [1.29, 1.82) is 0 Å². The zero-order valence-corrected chi connectivity index (χ0v) is 11.9. The van der Waals surface area contributed by atoms with E-state index in [1.54, 1.807) is 6.20 Å². The van der Waals surface area contributed by atoms with Crippen molar-refractivity contribution >= 4 is 11.0 Å². The molecule has 4 heteroatoms. The van der Waals surface area contributed by atoms with Gasteiger partial charge in [0.05, 0.1) is 5.60 Å². The average molecular weight is 261 g/mol. The SMILES string of the molecule is CC(C)CC(C)(O)CNCc1c[nH]c2ncccc12. The molecule has 2 heterocycles. The van der Waals surface area contributed by atoms with Crippen LogP contribution in [0.5, 0.6) is 0 Å². The molecule has 104 valence electrons. The molecule has 0 aliphatic carbocycles. The number of aliphatic hydroxyl groups is 1. The third-order valence-corrected chi connectivity index (χ3v) is 3.21. The van der Waals surface area contributed by atoms with Crippen LogP contribution in [0.1, 0.15) is 32.8 Å². The Bertz CT molecular complexity index is 531.